The van der Waals surface area contributed by atoms with Crippen LogP contribution < -0.4 is 0 Å². The van der Waals surface area contributed by atoms with E-state index >= 15 is 0 Å². The number of nitrogens with zero attached hydrogens (tertiary/aromatic N) is 2. The summed E-state index contributed by atoms with van der Waals surface area (Å²) in [6.45, 7) is 1.41. The summed E-state index contributed by atoms with van der Waals surface area (Å²) in [5.41, 5.74) is -0.398. The number of hydrogen-bond acceptors (Lipinski definition) is 5. The second-order valence-corrected chi connectivity index (χ2v) is 6.98. The van der Waals surface area contributed by atoms with Crippen molar-refractivity contribution in [3.05, 3.63) is 29.8 Å². The second kappa shape index (κ2) is 5.44. The summed E-state index contributed by atoms with van der Waals surface area (Å²) in [7, 11) is -3.64. The van der Waals surface area contributed by atoms with Crippen LogP contribution in [0.2, 0.25) is 0 Å². The number of sulfonamides is 1. The number of carboxylic acids is 1. The third-order valence-corrected chi connectivity index (χ3v) is 4.99. The van der Waals surface area contributed by atoms with E-state index in [4.69, 9.17) is 15.1 Å². The molecular formula is C13H14N2O5S. The first kappa shape index (κ1) is 15.4. The fraction of sp³-hybridized carbons (Fsp3) is 0.385. The van der Waals surface area contributed by atoms with Gasteiger partial charge in [-0.1, -0.05) is 0 Å². The summed E-state index contributed by atoms with van der Waals surface area (Å²) in [5, 5.41) is 17.3. The fourth-order valence-corrected chi connectivity index (χ4v) is 3.71. The van der Waals surface area contributed by atoms with Crippen molar-refractivity contribution in [3.8, 4) is 6.07 Å². The number of aliphatic carboxylic acids is 1. The van der Waals surface area contributed by atoms with Crippen molar-refractivity contribution < 1.29 is 23.1 Å². The summed E-state index contributed by atoms with van der Waals surface area (Å²) >= 11 is 0. The summed E-state index contributed by atoms with van der Waals surface area (Å²) in [5.74, 6) is -1.09. The quantitative estimate of drug-likeness (QED) is 0.844. The molecule has 0 radical (unpaired) electrons. The van der Waals surface area contributed by atoms with Gasteiger partial charge < -0.3 is 9.84 Å². The Labute approximate surface area is 122 Å². The highest BCUT2D eigenvalue weighted by Crippen LogP contribution is 2.30. The van der Waals surface area contributed by atoms with E-state index in [9.17, 15) is 13.2 Å². The van der Waals surface area contributed by atoms with Crippen LogP contribution in [0.1, 0.15) is 12.5 Å². The first-order valence-electron chi connectivity index (χ1n) is 6.13. The summed E-state index contributed by atoms with van der Waals surface area (Å²) in [6, 6.07) is 7.55. The summed E-state index contributed by atoms with van der Waals surface area (Å²) < 4.78 is 31.0. The van der Waals surface area contributed by atoms with Crippen LogP contribution in [0.4, 0.5) is 0 Å². The van der Waals surface area contributed by atoms with Gasteiger partial charge in [-0.15, -0.1) is 0 Å². The number of nitriles is 1. The molecule has 1 N–H and O–H groups in total. The Bertz CT molecular complexity index is 684. The maximum Gasteiger partial charge on any atom is 0.329 e. The molecule has 1 aromatic carbocycles. The topological polar surface area (TPSA) is 108 Å². The van der Waals surface area contributed by atoms with Gasteiger partial charge in [-0.2, -0.15) is 9.57 Å². The van der Waals surface area contributed by atoms with Crippen molar-refractivity contribution in [2.45, 2.75) is 17.4 Å². The van der Waals surface area contributed by atoms with Crippen molar-refractivity contribution in [2.75, 3.05) is 19.7 Å². The van der Waals surface area contributed by atoms with Gasteiger partial charge in [0.15, 0.2) is 0 Å². The van der Waals surface area contributed by atoms with E-state index in [1.807, 2.05) is 6.07 Å². The van der Waals surface area contributed by atoms with Crippen LogP contribution in [-0.4, -0.2) is 49.1 Å². The molecule has 0 atom stereocenters. The molecule has 1 aliphatic heterocycles. The number of hydrogen-bond donors (Lipinski definition) is 1. The van der Waals surface area contributed by atoms with E-state index in [2.05, 4.69) is 0 Å². The molecule has 2 rings (SSSR count). The predicted octanol–water partition coefficient (Wildman–Crippen LogP) is 0.422. The largest absolute Gasteiger partial charge is 0.480 e. The van der Waals surface area contributed by atoms with Crippen molar-refractivity contribution in [3.63, 3.8) is 0 Å². The molecule has 1 aromatic rings. The number of benzene rings is 1. The monoisotopic (exact) mass is 310 g/mol. The van der Waals surface area contributed by atoms with Crippen molar-refractivity contribution in [1.29, 1.82) is 5.26 Å². The van der Waals surface area contributed by atoms with Crippen molar-refractivity contribution in [2.24, 2.45) is 0 Å². The normalized spacial score (nSPS) is 17.7. The standard InChI is InChI=1S/C13H14N2O5S/c1-13(20-7-12(16)17)8-15(9-13)21(18,19)11-4-2-10(6-14)3-5-11/h2-5H,7-9H2,1H3,(H,16,17). The Hall–Kier alpha value is -1.95. The van der Waals surface area contributed by atoms with E-state index < -0.39 is 28.2 Å². The molecule has 7 nitrogen and oxygen atoms in total. The molecule has 0 aliphatic carbocycles. The minimum atomic E-state index is -3.64. The van der Waals surface area contributed by atoms with Gasteiger partial charge in [0.1, 0.15) is 6.61 Å². The minimum absolute atomic E-state index is 0.0989. The number of carbonyl (C=O) groups is 1. The first-order chi connectivity index (χ1) is 9.77. The maximum atomic E-state index is 12.3. The SMILES string of the molecule is CC1(OCC(=O)O)CN(S(=O)(=O)c2ccc(C#N)cc2)C1. The average Bonchev–Trinajstić information content (AvgIpc) is 2.42. The van der Waals surface area contributed by atoms with Gasteiger partial charge in [0.25, 0.3) is 0 Å². The fourth-order valence-electron chi connectivity index (χ4n) is 2.05. The molecule has 1 saturated heterocycles. The molecule has 0 unspecified atom stereocenters. The Morgan fingerprint density at radius 3 is 2.48 bits per heavy atom. The minimum Gasteiger partial charge on any atom is -0.480 e. The molecule has 1 fully saturated rings. The van der Waals surface area contributed by atoms with E-state index in [0.717, 1.165) is 0 Å². The lowest BCUT2D eigenvalue weighted by atomic mass is 10.0. The Morgan fingerprint density at radius 2 is 2.00 bits per heavy atom. The highest BCUT2D eigenvalue weighted by molar-refractivity contribution is 7.89. The highest BCUT2D eigenvalue weighted by Gasteiger charge is 2.46. The van der Waals surface area contributed by atoms with Crippen LogP contribution in [0.25, 0.3) is 0 Å². The van der Waals surface area contributed by atoms with Gasteiger partial charge in [0.05, 0.1) is 22.1 Å². The lowest BCUT2D eigenvalue weighted by Crippen LogP contribution is -2.63. The first-order valence-corrected chi connectivity index (χ1v) is 7.57. The number of ether oxygens (including phenoxy) is 1. The second-order valence-electron chi connectivity index (χ2n) is 5.04. The molecule has 112 valence electrons. The van der Waals surface area contributed by atoms with Crippen LogP contribution in [0.15, 0.2) is 29.2 Å². The molecule has 0 aromatic heterocycles. The van der Waals surface area contributed by atoms with E-state index in [1.165, 1.54) is 28.6 Å². The Balaban J connectivity index is 2.06. The molecule has 1 aliphatic rings. The van der Waals surface area contributed by atoms with E-state index in [-0.39, 0.29) is 18.0 Å². The third-order valence-electron chi connectivity index (χ3n) is 3.19. The lowest BCUT2D eigenvalue weighted by molar-refractivity contribution is -0.157. The average molecular weight is 310 g/mol. The smallest absolute Gasteiger partial charge is 0.329 e. The zero-order valence-corrected chi connectivity index (χ0v) is 12.1. The van der Waals surface area contributed by atoms with Crippen molar-refractivity contribution >= 4 is 16.0 Å². The van der Waals surface area contributed by atoms with Crippen LogP contribution in [0.5, 0.6) is 0 Å². The van der Waals surface area contributed by atoms with Crippen LogP contribution in [-0.2, 0) is 19.6 Å². The molecule has 21 heavy (non-hydrogen) atoms. The van der Waals surface area contributed by atoms with Gasteiger partial charge in [-0.3, -0.25) is 0 Å². The molecule has 0 saturated carbocycles. The van der Waals surface area contributed by atoms with Crippen LogP contribution in [0.3, 0.4) is 0 Å². The summed E-state index contributed by atoms with van der Waals surface area (Å²) in [4.78, 5) is 10.6. The van der Waals surface area contributed by atoms with E-state index in [1.54, 1.807) is 6.92 Å². The van der Waals surface area contributed by atoms with Gasteiger partial charge in [0, 0.05) is 13.1 Å². The van der Waals surface area contributed by atoms with Gasteiger partial charge in [-0.05, 0) is 31.2 Å². The van der Waals surface area contributed by atoms with Crippen LogP contribution in [0, 0.1) is 11.3 Å². The highest BCUT2D eigenvalue weighted by atomic mass is 32.2. The zero-order chi connectivity index (χ0) is 15.7. The number of carboxylic acid groups (broad SMARTS) is 1. The lowest BCUT2D eigenvalue weighted by Gasteiger charge is -2.46. The molecule has 0 bridgehead atoms. The van der Waals surface area contributed by atoms with Crippen molar-refractivity contribution in [1.82, 2.24) is 4.31 Å². The Kier molecular flexibility index (Phi) is 4.00. The molecular weight excluding hydrogens is 296 g/mol. The summed E-state index contributed by atoms with van der Waals surface area (Å²) in [6.07, 6.45) is 0. The van der Waals surface area contributed by atoms with Gasteiger partial charge >= 0.3 is 5.97 Å². The van der Waals surface area contributed by atoms with E-state index in [0.29, 0.717) is 5.56 Å². The maximum absolute atomic E-state index is 12.3. The zero-order valence-electron chi connectivity index (χ0n) is 11.3. The van der Waals surface area contributed by atoms with Gasteiger partial charge in [0.2, 0.25) is 10.0 Å². The molecule has 0 amide bonds. The predicted molar refractivity (Wildman–Crippen MR) is 71.9 cm³/mol. The molecule has 8 heteroatoms. The molecule has 0 spiro atoms. The Morgan fingerprint density at radius 1 is 1.43 bits per heavy atom. The van der Waals surface area contributed by atoms with Crippen LogP contribution >= 0.6 is 0 Å². The number of rotatable bonds is 5. The van der Waals surface area contributed by atoms with Gasteiger partial charge in [-0.25, -0.2) is 13.2 Å². The third kappa shape index (κ3) is 3.21. The molecule has 1 heterocycles.